The Kier molecular flexibility index (Phi) is 5.11. The summed E-state index contributed by atoms with van der Waals surface area (Å²) in [5.41, 5.74) is 2.14. The lowest BCUT2D eigenvalue weighted by Gasteiger charge is -2.12. The maximum absolute atomic E-state index is 11.8. The van der Waals surface area contributed by atoms with Crippen molar-refractivity contribution in [2.75, 3.05) is 13.2 Å². The predicted molar refractivity (Wildman–Crippen MR) is 86.6 cm³/mol. The Balaban J connectivity index is 1.59. The van der Waals surface area contributed by atoms with Crippen molar-refractivity contribution >= 4 is 11.9 Å². The highest BCUT2D eigenvalue weighted by Crippen LogP contribution is 2.21. The number of benzene rings is 2. The zero-order valence-corrected chi connectivity index (χ0v) is 13.1. The van der Waals surface area contributed by atoms with Crippen LogP contribution in [0.4, 0.5) is 0 Å². The number of carbonyl (C=O) groups is 2. The third kappa shape index (κ3) is 4.13. The van der Waals surface area contributed by atoms with E-state index in [1.807, 2.05) is 54.6 Å². The maximum Gasteiger partial charge on any atom is 0.347 e. The number of carbonyl (C=O) groups excluding carboxylic acids is 2. The summed E-state index contributed by atoms with van der Waals surface area (Å²) >= 11 is 0. The molecule has 124 valence electrons. The van der Waals surface area contributed by atoms with Gasteiger partial charge in [-0.15, -0.1) is 0 Å². The summed E-state index contributed by atoms with van der Waals surface area (Å²) < 4.78 is 15.4. The molecule has 1 atom stereocenters. The van der Waals surface area contributed by atoms with Crippen LogP contribution in [-0.2, 0) is 25.5 Å². The van der Waals surface area contributed by atoms with Gasteiger partial charge in [0, 0.05) is 12.8 Å². The van der Waals surface area contributed by atoms with E-state index in [1.54, 1.807) is 0 Å². The number of hydrogen-bond donors (Lipinski definition) is 0. The Bertz CT molecular complexity index is 711. The summed E-state index contributed by atoms with van der Waals surface area (Å²) in [6, 6.07) is 17.6. The monoisotopic (exact) mass is 326 g/mol. The summed E-state index contributed by atoms with van der Waals surface area (Å²) in [5.74, 6) is -0.437. The number of para-hydroxylation sites is 1. The van der Waals surface area contributed by atoms with E-state index in [2.05, 4.69) is 0 Å². The van der Waals surface area contributed by atoms with Crippen LogP contribution in [0.15, 0.2) is 54.6 Å². The molecule has 1 aliphatic heterocycles. The lowest BCUT2D eigenvalue weighted by atomic mass is 10.0. The van der Waals surface area contributed by atoms with E-state index < -0.39 is 18.0 Å². The molecule has 1 saturated heterocycles. The Morgan fingerprint density at radius 3 is 2.58 bits per heavy atom. The minimum Gasteiger partial charge on any atom is -0.482 e. The highest BCUT2D eigenvalue weighted by atomic mass is 16.6. The molecule has 5 heteroatoms. The van der Waals surface area contributed by atoms with E-state index >= 15 is 0 Å². The highest BCUT2D eigenvalue weighted by molar-refractivity contribution is 5.81. The Morgan fingerprint density at radius 1 is 1.08 bits per heavy atom. The van der Waals surface area contributed by atoms with Gasteiger partial charge in [-0.1, -0.05) is 48.5 Å². The van der Waals surface area contributed by atoms with Crippen molar-refractivity contribution < 1.29 is 23.8 Å². The Morgan fingerprint density at radius 2 is 1.83 bits per heavy atom. The summed E-state index contributed by atoms with van der Waals surface area (Å²) in [4.78, 5) is 23.1. The van der Waals surface area contributed by atoms with Gasteiger partial charge in [0.15, 0.2) is 6.61 Å². The van der Waals surface area contributed by atoms with E-state index in [1.165, 1.54) is 0 Å². The molecule has 1 heterocycles. The number of esters is 2. The molecule has 0 radical (unpaired) electrons. The van der Waals surface area contributed by atoms with Crippen LogP contribution in [0.3, 0.4) is 0 Å². The lowest BCUT2D eigenvalue weighted by molar-refractivity contribution is -0.161. The molecule has 0 N–H and O–H groups in total. The first-order valence-electron chi connectivity index (χ1n) is 7.83. The van der Waals surface area contributed by atoms with Gasteiger partial charge in [0.05, 0.1) is 6.61 Å². The molecule has 0 amide bonds. The molecule has 0 aliphatic carbocycles. The average molecular weight is 326 g/mol. The second-order valence-corrected chi connectivity index (χ2v) is 5.49. The Labute approximate surface area is 140 Å². The topological polar surface area (TPSA) is 61.8 Å². The van der Waals surface area contributed by atoms with Crippen LogP contribution in [0.2, 0.25) is 0 Å². The van der Waals surface area contributed by atoms with Crippen molar-refractivity contribution in [2.24, 2.45) is 0 Å². The van der Waals surface area contributed by atoms with Gasteiger partial charge in [0.1, 0.15) is 5.75 Å². The predicted octanol–water partition coefficient (Wildman–Crippen LogP) is 2.51. The van der Waals surface area contributed by atoms with Gasteiger partial charge >= 0.3 is 11.9 Å². The molecule has 0 aromatic heterocycles. The van der Waals surface area contributed by atoms with Gasteiger partial charge in [0.2, 0.25) is 6.10 Å². The van der Waals surface area contributed by atoms with Crippen LogP contribution >= 0.6 is 0 Å². The smallest absolute Gasteiger partial charge is 0.347 e. The number of cyclic esters (lactones) is 1. The van der Waals surface area contributed by atoms with Crippen molar-refractivity contribution in [1.29, 1.82) is 0 Å². The number of rotatable bonds is 6. The van der Waals surface area contributed by atoms with E-state index in [-0.39, 0.29) is 13.2 Å². The molecular weight excluding hydrogens is 308 g/mol. The minimum absolute atomic E-state index is 0.240. The average Bonchev–Trinajstić information content (AvgIpc) is 3.00. The summed E-state index contributed by atoms with van der Waals surface area (Å²) in [5, 5.41) is 0. The minimum atomic E-state index is -0.805. The quantitative estimate of drug-likeness (QED) is 0.763. The normalized spacial score (nSPS) is 16.5. The Hall–Kier alpha value is -2.82. The fourth-order valence-electron chi connectivity index (χ4n) is 2.52. The summed E-state index contributed by atoms with van der Waals surface area (Å²) in [7, 11) is 0. The van der Waals surface area contributed by atoms with Gasteiger partial charge in [-0.25, -0.2) is 9.59 Å². The molecule has 2 aromatic carbocycles. The summed E-state index contributed by atoms with van der Waals surface area (Å²) in [6.07, 6.45) is 0.302. The van der Waals surface area contributed by atoms with Crippen molar-refractivity contribution in [3.05, 3.63) is 65.7 Å². The second-order valence-electron chi connectivity index (χ2n) is 5.49. The van der Waals surface area contributed by atoms with E-state index in [0.29, 0.717) is 18.6 Å². The molecule has 1 aliphatic rings. The first-order chi connectivity index (χ1) is 11.7. The van der Waals surface area contributed by atoms with Crippen LogP contribution in [0.1, 0.15) is 17.5 Å². The van der Waals surface area contributed by atoms with Gasteiger partial charge in [0.25, 0.3) is 0 Å². The van der Waals surface area contributed by atoms with E-state index in [0.717, 1.165) is 11.1 Å². The van der Waals surface area contributed by atoms with Gasteiger partial charge < -0.3 is 14.2 Å². The summed E-state index contributed by atoms with van der Waals surface area (Å²) in [6.45, 7) is 0.0487. The highest BCUT2D eigenvalue weighted by Gasteiger charge is 2.30. The van der Waals surface area contributed by atoms with Gasteiger partial charge in [-0.3, -0.25) is 0 Å². The first-order valence-corrected chi connectivity index (χ1v) is 7.83. The molecule has 24 heavy (non-hydrogen) atoms. The molecule has 3 rings (SSSR count). The van der Waals surface area contributed by atoms with Crippen molar-refractivity contribution in [3.63, 3.8) is 0 Å². The van der Waals surface area contributed by atoms with Crippen molar-refractivity contribution in [1.82, 2.24) is 0 Å². The van der Waals surface area contributed by atoms with Gasteiger partial charge in [-0.05, 0) is 17.2 Å². The zero-order chi connectivity index (χ0) is 16.8. The molecule has 0 bridgehead atoms. The molecule has 5 nitrogen and oxygen atoms in total. The second kappa shape index (κ2) is 7.64. The molecule has 0 unspecified atom stereocenters. The van der Waals surface area contributed by atoms with Crippen molar-refractivity contribution in [2.45, 2.75) is 18.9 Å². The number of ether oxygens (including phenoxy) is 3. The standard InChI is InChI=1S/C19H18O5/c20-18(24-17-10-11-22-19(17)21)13-23-16-9-5-4-8-15(16)12-14-6-2-1-3-7-14/h1-9,17H,10-13H2/t17-/m0/s1. The fourth-order valence-corrected chi connectivity index (χ4v) is 2.52. The number of hydrogen-bond acceptors (Lipinski definition) is 5. The largest absolute Gasteiger partial charge is 0.482 e. The van der Waals surface area contributed by atoms with Gasteiger partial charge in [-0.2, -0.15) is 0 Å². The van der Waals surface area contributed by atoms with E-state index in [9.17, 15) is 9.59 Å². The molecule has 0 saturated carbocycles. The van der Waals surface area contributed by atoms with Crippen LogP contribution in [0, 0.1) is 0 Å². The molecule has 1 fully saturated rings. The van der Waals surface area contributed by atoms with E-state index in [4.69, 9.17) is 14.2 Å². The molecule has 2 aromatic rings. The van der Waals surface area contributed by atoms with Crippen LogP contribution in [0.5, 0.6) is 5.75 Å². The third-order valence-corrected chi connectivity index (χ3v) is 3.72. The third-order valence-electron chi connectivity index (χ3n) is 3.72. The molecule has 0 spiro atoms. The molecular formula is C19H18O5. The van der Waals surface area contributed by atoms with Crippen LogP contribution in [-0.4, -0.2) is 31.3 Å². The fraction of sp³-hybridized carbons (Fsp3) is 0.263. The maximum atomic E-state index is 11.8. The zero-order valence-electron chi connectivity index (χ0n) is 13.1. The van der Waals surface area contributed by atoms with Crippen LogP contribution in [0.25, 0.3) is 0 Å². The SMILES string of the molecule is O=C(COc1ccccc1Cc1ccccc1)O[C@H]1CCOC1=O. The first kappa shape index (κ1) is 16.1. The van der Waals surface area contributed by atoms with Crippen molar-refractivity contribution in [3.8, 4) is 5.75 Å². The lowest BCUT2D eigenvalue weighted by Crippen LogP contribution is -2.26. The van der Waals surface area contributed by atoms with Crippen LogP contribution < -0.4 is 4.74 Å².